The summed E-state index contributed by atoms with van der Waals surface area (Å²) in [7, 11) is 2.27. The lowest BCUT2D eigenvalue weighted by Gasteiger charge is -2.12. The molecule has 22 nitrogen and oxygen atoms in total. The molecule has 0 unspecified atom stereocenters. The third-order valence-corrected chi connectivity index (χ3v) is 13.4. The number of methoxy groups -OCH3 is 2. The predicted molar refractivity (Wildman–Crippen MR) is 312 cm³/mol. The van der Waals surface area contributed by atoms with Gasteiger partial charge < -0.3 is 49.7 Å². The summed E-state index contributed by atoms with van der Waals surface area (Å²) in [6.07, 6.45) is -2.85. The summed E-state index contributed by atoms with van der Waals surface area (Å²) in [6, 6.07) is 24.9. The van der Waals surface area contributed by atoms with Crippen LogP contribution in [-0.2, 0) is 19.1 Å². The third kappa shape index (κ3) is 15.8. The van der Waals surface area contributed by atoms with E-state index in [1.807, 2.05) is 0 Å². The van der Waals surface area contributed by atoms with E-state index in [4.69, 9.17) is 28.4 Å². The van der Waals surface area contributed by atoms with Crippen LogP contribution in [0.5, 0.6) is 23.0 Å². The van der Waals surface area contributed by atoms with Crippen molar-refractivity contribution in [2.45, 2.75) is 64.7 Å². The Labute approximate surface area is 507 Å². The number of esters is 2. The predicted octanol–water partition coefficient (Wildman–Crippen LogP) is 11.1. The summed E-state index contributed by atoms with van der Waals surface area (Å²) in [6.45, 7) is 4.04. The molecule has 0 aliphatic heterocycles. The Morgan fingerprint density at radius 2 is 0.844 bits per heavy atom. The van der Waals surface area contributed by atoms with E-state index in [-0.39, 0.29) is 104 Å². The number of nitrogens with one attached hydrogen (secondary N) is 4. The zero-order chi connectivity index (χ0) is 64.9. The van der Waals surface area contributed by atoms with Gasteiger partial charge >= 0.3 is 36.1 Å². The van der Waals surface area contributed by atoms with Gasteiger partial charge in [0.05, 0.1) is 74.2 Å². The fourth-order valence-corrected chi connectivity index (χ4v) is 8.98. The maximum Gasteiger partial charge on any atom is 0.471 e. The van der Waals surface area contributed by atoms with Crippen molar-refractivity contribution < 1.29 is 93.1 Å². The van der Waals surface area contributed by atoms with E-state index in [2.05, 4.69) is 20.6 Å². The highest BCUT2D eigenvalue weighted by molar-refractivity contribution is 6.13. The summed E-state index contributed by atoms with van der Waals surface area (Å²) in [4.78, 5) is 113. The normalized spacial score (nSPS) is 11.4. The number of carbonyl (C=O) groups is 8. The Morgan fingerprint density at radius 1 is 0.456 bits per heavy atom. The largest absolute Gasteiger partial charge is 0.495 e. The van der Waals surface area contributed by atoms with Crippen LogP contribution in [0.4, 0.5) is 49.4 Å². The second kappa shape index (κ2) is 28.8. The first-order valence-electron chi connectivity index (χ1n) is 27.7. The molecule has 0 atom stereocenters. The van der Waals surface area contributed by atoms with Crippen LogP contribution in [0.25, 0.3) is 11.0 Å². The van der Waals surface area contributed by atoms with Crippen molar-refractivity contribution in [3.63, 3.8) is 0 Å². The number of nitrogens with zero attached hydrogens (tertiary/aromatic N) is 4. The van der Waals surface area contributed by atoms with E-state index in [1.165, 1.54) is 69.7 Å². The molecular weight excluding hydrogens is 1190 g/mol. The first-order chi connectivity index (χ1) is 43.0. The van der Waals surface area contributed by atoms with E-state index >= 15 is 0 Å². The van der Waals surface area contributed by atoms with E-state index in [0.29, 0.717) is 37.6 Å². The number of carbonyl (C=O) groups excluding carboxylic acids is 8. The topological polar surface area (TPSA) is 275 Å². The number of fused-ring (bicyclic) bond motifs is 2. The van der Waals surface area contributed by atoms with Crippen LogP contribution in [0, 0.1) is 0 Å². The van der Waals surface area contributed by atoms with E-state index in [0.717, 1.165) is 76.3 Å². The standard InChI is InChI=1S/C62H56F6N8O14/c1-5-87-57(81)39-23-25-75-45(31-39)51(71-53(75)49(77)35-19-21-43(47(33-35)85-3)69-59(83)61(63,64)65)73-55(79)37-15-13-17-41(29-37)89-27-11-9-7-8-10-12-28-90-42-18-14-16-38(30-42)56(80)74-52-46-32-40(58(82)88-6-2)24-26-76(46)54(72-52)50(78)36-20-22-44(48(34-36)86-4)70-60(84)62(66,67)68/h13-26,29-34H,5-12,27-28H2,1-4H3,(H,69,83)(H,70,84)(H,73,79)(H,74,80). The third-order valence-electron chi connectivity index (χ3n) is 13.4. The van der Waals surface area contributed by atoms with Gasteiger partial charge in [0.15, 0.2) is 23.3 Å². The Hall–Kier alpha value is -10.8. The second-order valence-corrected chi connectivity index (χ2v) is 19.5. The van der Waals surface area contributed by atoms with Crippen LogP contribution >= 0.6 is 0 Å². The lowest BCUT2D eigenvalue weighted by atomic mass is 10.1. The van der Waals surface area contributed by atoms with Crippen LogP contribution in [-0.4, -0.2) is 119 Å². The number of hydrogen-bond acceptors (Lipinski definition) is 16. The summed E-state index contributed by atoms with van der Waals surface area (Å²) < 4.78 is 113. The zero-order valence-corrected chi connectivity index (χ0v) is 48.4. The van der Waals surface area contributed by atoms with Gasteiger partial charge in [0, 0.05) is 34.6 Å². The monoisotopic (exact) mass is 1250 g/mol. The highest BCUT2D eigenvalue weighted by Gasteiger charge is 2.40. The van der Waals surface area contributed by atoms with Crippen LogP contribution in [0.2, 0.25) is 0 Å². The molecule has 4 N–H and O–H groups in total. The molecule has 28 heteroatoms. The Bertz CT molecular complexity index is 3790. The van der Waals surface area contributed by atoms with Gasteiger partial charge in [-0.2, -0.15) is 26.3 Å². The number of ether oxygens (including phenoxy) is 6. The van der Waals surface area contributed by atoms with Crippen LogP contribution in [0.3, 0.4) is 0 Å². The summed E-state index contributed by atoms with van der Waals surface area (Å²) in [5, 5.41) is 8.79. The Kier molecular flexibility index (Phi) is 20.9. The molecule has 4 aromatic heterocycles. The quantitative estimate of drug-likeness (QED) is 0.0161. The molecule has 0 aliphatic carbocycles. The van der Waals surface area contributed by atoms with Gasteiger partial charge in [0.1, 0.15) is 23.0 Å². The number of benzene rings is 4. The molecule has 470 valence electrons. The average molecular weight is 1250 g/mol. The molecule has 90 heavy (non-hydrogen) atoms. The van der Waals surface area contributed by atoms with Crippen molar-refractivity contribution in [2.75, 3.05) is 61.9 Å². The number of hydrogen-bond donors (Lipinski definition) is 4. The number of aromatic nitrogens is 4. The molecule has 4 heterocycles. The number of unbranched alkanes of at least 4 members (excludes halogenated alkanes) is 5. The van der Waals surface area contributed by atoms with Gasteiger partial charge in [-0.1, -0.05) is 37.8 Å². The van der Waals surface area contributed by atoms with Crippen molar-refractivity contribution in [3.05, 3.63) is 167 Å². The molecule has 0 saturated carbocycles. The van der Waals surface area contributed by atoms with Gasteiger partial charge in [0.2, 0.25) is 11.6 Å². The maximum atomic E-state index is 13.9. The second-order valence-electron chi connectivity index (χ2n) is 19.5. The van der Waals surface area contributed by atoms with Crippen molar-refractivity contribution >= 4 is 81.2 Å². The van der Waals surface area contributed by atoms with Crippen molar-refractivity contribution in [3.8, 4) is 23.0 Å². The smallest absolute Gasteiger partial charge is 0.471 e. The van der Waals surface area contributed by atoms with Crippen molar-refractivity contribution in [1.82, 2.24) is 18.8 Å². The number of amides is 4. The van der Waals surface area contributed by atoms with Gasteiger partial charge in [-0.3, -0.25) is 37.6 Å². The number of imidazole rings is 2. The number of ketones is 2. The van der Waals surface area contributed by atoms with E-state index < -0.39 is 59.5 Å². The highest BCUT2D eigenvalue weighted by atomic mass is 19.4. The number of anilines is 4. The minimum Gasteiger partial charge on any atom is -0.495 e. The molecule has 0 radical (unpaired) electrons. The average Bonchev–Trinajstić information content (AvgIpc) is 1.68. The lowest BCUT2D eigenvalue weighted by Crippen LogP contribution is -2.30. The first kappa shape index (κ1) is 65.2. The molecular formula is C62H56F6N8O14. The highest BCUT2D eigenvalue weighted by Crippen LogP contribution is 2.33. The number of rotatable bonds is 27. The summed E-state index contributed by atoms with van der Waals surface area (Å²) in [5.74, 6) is -9.11. The lowest BCUT2D eigenvalue weighted by molar-refractivity contribution is -0.167. The molecule has 4 aromatic carbocycles. The number of halogens is 6. The zero-order valence-electron chi connectivity index (χ0n) is 48.4. The fraction of sp³-hybridized carbons (Fsp3) is 0.258. The molecule has 0 aliphatic rings. The fourth-order valence-electron chi connectivity index (χ4n) is 8.98. The molecule has 8 rings (SSSR count). The molecule has 8 aromatic rings. The minimum absolute atomic E-state index is 0.0653. The van der Waals surface area contributed by atoms with Crippen molar-refractivity contribution in [1.29, 1.82) is 0 Å². The van der Waals surface area contributed by atoms with E-state index in [9.17, 15) is 64.7 Å². The van der Waals surface area contributed by atoms with E-state index in [1.54, 1.807) is 48.7 Å². The van der Waals surface area contributed by atoms with Gasteiger partial charge in [-0.25, -0.2) is 19.6 Å². The summed E-state index contributed by atoms with van der Waals surface area (Å²) in [5.41, 5.74) is -0.149. The SMILES string of the molecule is CCOC(=O)c1ccn2c(C(=O)c3ccc(NC(=O)C(F)(F)F)c(OC)c3)nc(NC(=O)c3cccc(OCCCCCCCCOc4cccc(C(=O)Nc5nc(C(=O)c6ccc(NC(=O)C(F)(F)F)c(OC)c6)n6ccc(C(=O)OCC)cc56)c4)c3)c2c1. The number of pyridine rings is 2. The Morgan fingerprint density at radius 3 is 1.21 bits per heavy atom. The van der Waals surface area contributed by atoms with Crippen LogP contribution in [0.1, 0.15) is 126 Å². The van der Waals surface area contributed by atoms with Gasteiger partial charge in [-0.05, 0) is 124 Å². The van der Waals surface area contributed by atoms with Gasteiger partial charge in [-0.15, -0.1) is 0 Å². The maximum absolute atomic E-state index is 13.9. The molecule has 0 saturated heterocycles. The van der Waals surface area contributed by atoms with Crippen molar-refractivity contribution in [2.24, 2.45) is 0 Å². The first-order valence-corrected chi connectivity index (χ1v) is 27.7. The van der Waals surface area contributed by atoms with Gasteiger partial charge in [0.25, 0.3) is 11.8 Å². The molecule has 4 amide bonds. The number of alkyl halides is 6. The van der Waals surface area contributed by atoms with Crippen LogP contribution < -0.4 is 40.2 Å². The molecule has 0 spiro atoms. The molecule has 0 fully saturated rings. The Balaban J connectivity index is 0.820. The van der Waals surface area contributed by atoms with Crippen LogP contribution in [0.15, 0.2) is 122 Å². The molecule has 0 bridgehead atoms. The summed E-state index contributed by atoms with van der Waals surface area (Å²) >= 11 is 0. The minimum atomic E-state index is -5.19.